The van der Waals surface area contributed by atoms with E-state index in [1.807, 2.05) is 49.4 Å². The molecule has 1 amide bonds. The van der Waals surface area contributed by atoms with Gasteiger partial charge in [-0.05, 0) is 25.1 Å². The summed E-state index contributed by atoms with van der Waals surface area (Å²) in [7, 11) is 2.05. The van der Waals surface area contributed by atoms with Crippen molar-refractivity contribution < 1.29 is 4.79 Å². The highest BCUT2D eigenvalue weighted by Crippen LogP contribution is 2.29. The van der Waals surface area contributed by atoms with Gasteiger partial charge in [-0.15, -0.1) is 0 Å². The monoisotopic (exact) mass is 367 g/mol. The Hall–Kier alpha value is -3.80. The summed E-state index contributed by atoms with van der Waals surface area (Å²) in [5, 5.41) is 7.99. The first-order valence-corrected chi connectivity index (χ1v) is 9.00. The molecule has 1 aliphatic rings. The van der Waals surface area contributed by atoms with Gasteiger partial charge < -0.3 is 4.57 Å². The molecule has 0 saturated carbocycles. The molecule has 0 bridgehead atoms. The second kappa shape index (κ2) is 6.13. The minimum atomic E-state index is -0.313. The third kappa shape index (κ3) is 2.42. The van der Waals surface area contributed by atoms with Gasteiger partial charge in [0.25, 0.3) is 5.91 Å². The summed E-state index contributed by atoms with van der Waals surface area (Å²) in [5.74, 6) is -0.313. The minimum Gasteiger partial charge on any atom is -0.342 e. The maximum atomic E-state index is 12.1. The van der Waals surface area contributed by atoms with Crippen molar-refractivity contribution in [2.45, 2.75) is 6.92 Å². The Balaban J connectivity index is 1.55. The average Bonchev–Trinajstić information content (AvgIpc) is 3.17. The Kier molecular flexibility index (Phi) is 3.58. The number of para-hydroxylation sites is 2. The lowest BCUT2D eigenvalue weighted by Crippen LogP contribution is -2.26. The molecule has 6 nitrogen and oxygen atoms in total. The molecule has 5 rings (SSSR count). The molecule has 2 aromatic heterocycles. The molecule has 6 heteroatoms. The highest BCUT2D eigenvalue weighted by Gasteiger charge is 2.15. The minimum absolute atomic E-state index is 0.313. The van der Waals surface area contributed by atoms with Gasteiger partial charge in [-0.1, -0.05) is 36.4 Å². The van der Waals surface area contributed by atoms with E-state index in [-0.39, 0.29) is 5.91 Å². The second-order valence-corrected chi connectivity index (χ2v) is 6.78. The number of hydrogen-bond donors (Lipinski definition) is 1. The van der Waals surface area contributed by atoms with Gasteiger partial charge in [-0.25, -0.2) is 9.98 Å². The zero-order chi connectivity index (χ0) is 19.3. The molecule has 0 aliphatic carbocycles. The lowest BCUT2D eigenvalue weighted by atomic mass is 10.1. The number of benzene rings is 2. The van der Waals surface area contributed by atoms with Crippen molar-refractivity contribution in [3.05, 3.63) is 76.6 Å². The zero-order valence-corrected chi connectivity index (χ0v) is 15.5. The molecule has 0 unspecified atom stereocenters. The molecule has 0 fully saturated rings. The normalized spacial score (nSPS) is 13.5. The summed E-state index contributed by atoms with van der Waals surface area (Å²) in [4.78, 5) is 20.8. The molecule has 0 saturated heterocycles. The number of amides is 1. The zero-order valence-electron chi connectivity index (χ0n) is 15.5. The largest absolute Gasteiger partial charge is 0.342 e. The van der Waals surface area contributed by atoms with E-state index in [4.69, 9.17) is 0 Å². The van der Waals surface area contributed by atoms with Crippen LogP contribution in [-0.2, 0) is 11.8 Å². The van der Waals surface area contributed by atoms with Crippen LogP contribution in [0.4, 0.5) is 0 Å². The van der Waals surface area contributed by atoms with Crippen molar-refractivity contribution in [2.75, 3.05) is 0 Å². The molecule has 0 spiro atoms. The summed E-state index contributed by atoms with van der Waals surface area (Å²) < 4.78 is 2.16. The third-order valence-corrected chi connectivity index (χ3v) is 5.06. The van der Waals surface area contributed by atoms with Crippen LogP contribution in [0.15, 0.2) is 64.7 Å². The first kappa shape index (κ1) is 16.4. The van der Waals surface area contributed by atoms with Gasteiger partial charge in [0.15, 0.2) is 0 Å². The van der Waals surface area contributed by atoms with Crippen LogP contribution in [0, 0.1) is 6.92 Å². The van der Waals surface area contributed by atoms with Crippen molar-refractivity contribution in [1.82, 2.24) is 15.0 Å². The third-order valence-electron chi connectivity index (χ3n) is 5.06. The van der Waals surface area contributed by atoms with Gasteiger partial charge in [-0.2, -0.15) is 5.10 Å². The fourth-order valence-corrected chi connectivity index (χ4v) is 3.83. The topological polar surface area (TPSA) is 71.6 Å². The van der Waals surface area contributed by atoms with E-state index in [1.165, 1.54) is 10.9 Å². The van der Waals surface area contributed by atoms with Gasteiger partial charge in [0.05, 0.1) is 28.5 Å². The predicted molar refractivity (Wildman–Crippen MR) is 109 cm³/mol. The number of carbonyl (C=O) groups is 1. The Bertz CT molecular complexity index is 1430. The summed E-state index contributed by atoms with van der Waals surface area (Å²) in [6.07, 6.45) is 1.63. The number of aryl methyl sites for hydroxylation is 2. The van der Waals surface area contributed by atoms with E-state index in [2.05, 4.69) is 44.3 Å². The number of fused-ring (bicyclic) bond motifs is 4. The Morgan fingerprint density at radius 1 is 1.07 bits per heavy atom. The van der Waals surface area contributed by atoms with Crippen LogP contribution in [0.2, 0.25) is 0 Å². The maximum absolute atomic E-state index is 12.1. The molecule has 2 aromatic carbocycles. The molecule has 4 aromatic rings. The Labute approximate surface area is 160 Å². The standard InChI is InChI=1S/C22H17N5O/c1-13-21-17(15-7-4-6-10-19(15)27(21)2)11-14(24-13)12-23-26-20-16-8-3-5-9-18(16)25-22(20)28/h3-12H,1-2H3,(H,25,26,28)/b23-12+. The van der Waals surface area contributed by atoms with Crippen LogP contribution < -0.4 is 16.0 Å². The van der Waals surface area contributed by atoms with Gasteiger partial charge in [0, 0.05) is 28.6 Å². The molecule has 28 heavy (non-hydrogen) atoms. The van der Waals surface area contributed by atoms with Crippen LogP contribution in [0.25, 0.3) is 27.5 Å². The number of hydrazone groups is 1. The van der Waals surface area contributed by atoms with Crippen molar-refractivity contribution in [3.8, 4) is 0 Å². The van der Waals surface area contributed by atoms with E-state index in [0.717, 1.165) is 27.5 Å². The quantitative estimate of drug-likeness (QED) is 0.444. The van der Waals surface area contributed by atoms with Crippen LogP contribution in [0.3, 0.4) is 0 Å². The van der Waals surface area contributed by atoms with Gasteiger partial charge in [0.2, 0.25) is 0 Å². The molecular weight excluding hydrogens is 350 g/mol. The number of hydrogen-bond acceptors (Lipinski definition) is 4. The van der Waals surface area contributed by atoms with Gasteiger partial charge >= 0.3 is 0 Å². The van der Waals surface area contributed by atoms with Crippen molar-refractivity contribution in [2.24, 2.45) is 17.1 Å². The van der Waals surface area contributed by atoms with E-state index in [9.17, 15) is 4.79 Å². The van der Waals surface area contributed by atoms with Crippen molar-refractivity contribution in [1.29, 1.82) is 0 Å². The fourth-order valence-electron chi connectivity index (χ4n) is 3.83. The highest BCUT2D eigenvalue weighted by molar-refractivity contribution is 6.14. The van der Waals surface area contributed by atoms with E-state index in [1.54, 1.807) is 6.21 Å². The summed E-state index contributed by atoms with van der Waals surface area (Å²) in [5.41, 5.74) is 7.16. The fraction of sp³-hybridized carbons (Fsp3) is 0.0909. The number of pyridine rings is 1. The second-order valence-electron chi connectivity index (χ2n) is 6.78. The SMILES string of the molecule is Cc1nc(/C=N/NC2=c3ccccc3=NC2=O)cc2c3ccccc3n(C)c12. The van der Waals surface area contributed by atoms with Gasteiger partial charge in [0.1, 0.15) is 5.70 Å². The average molecular weight is 367 g/mol. The van der Waals surface area contributed by atoms with Crippen LogP contribution in [0.5, 0.6) is 0 Å². The molecule has 0 atom stereocenters. The number of nitrogens with zero attached hydrogens (tertiary/aromatic N) is 4. The molecular formula is C22H17N5O. The lowest BCUT2D eigenvalue weighted by molar-refractivity contribution is -0.113. The smallest absolute Gasteiger partial charge is 0.296 e. The molecule has 1 N–H and O–H groups in total. The van der Waals surface area contributed by atoms with Crippen LogP contribution in [-0.4, -0.2) is 21.7 Å². The van der Waals surface area contributed by atoms with E-state index in [0.29, 0.717) is 11.1 Å². The van der Waals surface area contributed by atoms with E-state index >= 15 is 0 Å². The first-order valence-electron chi connectivity index (χ1n) is 9.00. The van der Waals surface area contributed by atoms with Gasteiger partial charge in [-0.3, -0.25) is 10.2 Å². The number of rotatable bonds is 3. The molecule has 136 valence electrons. The summed E-state index contributed by atoms with van der Waals surface area (Å²) in [6.45, 7) is 2.00. The van der Waals surface area contributed by atoms with E-state index < -0.39 is 0 Å². The van der Waals surface area contributed by atoms with Crippen molar-refractivity contribution >= 4 is 39.6 Å². The number of carbonyl (C=O) groups excluding carboxylic acids is 1. The Morgan fingerprint density at radius 2 is 1.86 bits per heavy atom. The summed E-state index contributed by atoms with van der Waals surface area (Å²) in [6, 6.07) is 17.7. The summed E-state index contributed by atoms with van der Waals surface area (Å²) >= 11 is 0. The molecule has 0 radical (unpaired) electrons. The lowest BCUT2D eigenvalue weighted by Gasteiger charge is -2.03. The number of aromatic nitrogens is 2. The highest BCUT2D eigenvalue weighted by atomic mass is 16.1. The molecule has 3 heterocycles. The van der Waals surface area contributed by atoms with Crippen LogP contribution >= 0.6 is 0 Å². The number of nitrogens with one attached hydrogen (secondary N) is 1. The predicted octanol–water partition coefficient (Wildman–Crippen LogP) is 1.93. The van der Waals surface area contributed by atoms with Crippen molar-refractivity contribution in [3.63, 3.8) is 0 Å². The maximum Gasteiger partial charge on any atom is 0.296 e. The molecule has 1 aliphatic heterocycles. The first-order chi connectivity index (χ1) is 13.6. The van der Waals surface area contributed by atoms with Crippen LogP contribution in [0.1, 0.15) is 11.4 Å². The Morgan fingerprint density at radius 3 is 2.75 bits per heavy atom.